The van der Waals surface area contributed by atoms with Gasteiger partial charge < -0.3 is 10.2 Å². The van der Waals surface area contributed by atoms with Crippen LogP contribution in [-0.2, 0) is 11.2 Å². The summed E-state index contributed by atoms with van der Waals surface area (Å²) in [5.74, 6) is 0.942. The number of aryl methyl sites for hydroxylation is 1. The van der Waals surface area contributed by atoms with Gasteiger partial charge in [0, 0.05) is 43.6 Å². The van der Waals surface area contributed by atoms with Crippen molar-refractivity contribution in [2.75, 3.05) is 19.4 Å². The first-order valence-corrected chi connectivity index (χ1v) is 7.92. The van der Waals surface area contributed by atoms with Crippen LogP contribution in [0.1, 0.15) is 19.5 Å². The third-order valence-corrected chi connectivity index (χ3v) is 3.65. The Balaban J connectivity index is 2.33. The summed E-state index contributed by atoms with van der Waals surface area (Å²) in [4.78, 5) is 32.8. The molecule has 1 aromatic carbocycles. The standard InChI is InChI=1S/C17H21N5O3/c1-5-13-10-15(18-11(2)17(23)21(3)4)20-16(19-13)12-6-8-14(9-7-12)22(24)25/h6-11H,5H2,1-4H3,(H,18,19,20)/t11-/m0/s1. The molecule has 0 aliphatic heterocycles. The van der Waals surface area contributed by atoms with Crippen LogP contribution in [0, 0.1) is 10.1 Å². The van der Waals surface area contributed by atoms with Crippen LogP contribution in [0.5, 0.6) is 0 Å². The van der Waals surface area contributed by atoms with Crippen LogP contribution in [0.4, 0.5) is 11.5 Å². The molecule has 0 saturated carbocycles. The summed E-state index contributed by atoms with van der Waals surface area (Å²) in [6, 6.07) is 7.44. The zero-order chi connectivity index (χ0) is 18.6. The van der Waals surface area contributed by atoms with E-state index in [0.717, 1.165) is 5.69 Å². The molecule has 0 aliphatic carbocycles. The van der Waals surface area contributed by atoms with Crippen LogP contribution in [0.3, 0.4) is 0 Å². The monoisotopic (exact) mass is 343 g/mol. The van der Waals surface area contributed by atoms with E-state index in [4.69, 9.17) is 0 Å². The van der Waals surface area contributed by atoms with Gasteiger partial charge in [0.25, 0.3) is 5.69 Å². The molecule has 0 spiro atoms. The first kappa shape index (κ1) is 18.3. The average Bonchev–Trinajstić information content (AvgIpc) is 2.60. The quantitative estimate of drug-likeness (QED) is 0.639. The second kappa shape index (κ2) is 7.69. The lowest BCUT2D eigenvalue weighted by molar-refractivity contribution is -0.384. The van der Waals surface area contributed by atoms with Crippen molar-refractivity contribution in [2.45, 2.75) is 26.3 Å². The Labute approximate surface area is 146 Å². The number of carbonyl (C=O) groups is 1. The molecule has 0 fully saturated rings. The highest BCUT2D eigenvalue weighted by atomic mass is 16.6. The minimum atomic E-state index is -0.450. The number of aromatic nitrogens is 2. The van der Waals surface area contributed by atoms with Gasteiger partial charge in [0.1, 0.15) is 11.9 Å². The number of likely N-dealkylation sites (N-methyl/N-ethyl adjacent to an activating group) is 1. The molecule has 1 aromatic heterocycles. The molecular formula is C17H21N5O3. The summed E-state index contributed by atoms with van der Waals surface area (Å²) in [5, 5.41) is 13.9. The fraction of sp³-hybridized carbons (Fsp3) is 0.353. The van der Waals surface area contributed by atoms with Crippen molar-refractivity contribution in [1.29, 1.82) is 0 Å². The molecule has 2 rings (SSSR count). The van der Waals surface area contributed by atoms with E-state index in [1.807, 2.05) is 6.92 Å². The number of carbonyl (C=O) groups excluding carboxylic acids is 1. The molecule has 0 aliphatic rings. The van der Waals surface area contributed by atoms with Gasteiger partial charge in [-0.15, -0.1) is 0 Å². The molecule has 25 heavy (non-hydrogen) atoms. The second-order valence-electron chi connectivity index (χ2n) is 5.82. The number of non-ortho nitro benzene ring substituents is 1. The summed E-state index contributed by atoms with van der Waals surface area (Å²) >= 11 is 0. The van der Waals surface area contributed by atoms with Crippen molar-refractivity contribution < 1.29 is 9.72 Å². The summed E-state index contributed by atoms with van der Waals surface area (Å²) < 4.78 is 0. The molecule has 1 atom stereocenters. The number of amides is 1. The zero-order valence-electron chi connectivity index (χ0n) is 14.7. The van der Waals surface area contributed by atoms with Crippen molar-refractivity contribution in [3.8, 4) is 11.4 Å². The van der Waals surface area contributed by atoms with Crippen LogP contribution >= 0.6 is 0 Å². The number of rotatable bonds is 6. The predicted octanol–water partition coefficient (Wildman–Crippen LogP) is 2.50. The molecule has 0 radical (unpaired) electrons. The predicted molar refractivity (Wildman–Crippen MR) is 95.3 cm³/mol. The smallest absolute Gasteiger partial charge is 0.269 e. The van der Waals surface area contributed by atoms with Crippen molar-refractivity contribution in [2.24, 2.45) is 0 Å². The molecular weight excluding hydrogens is 322 g/mol. The van der Waals surface area contributed by atoms with Gasteiger partial charge in [-0.3, -0.25) is 14.9 Å². The van der Waals surface area contributed by atoms with E-state index >= 15 is 0 Å². The van der Waals surface area contributed by atoms with Crippen LogP contribution in [0.25, 0.3) is 11.4 Å². The van der Waals surface area contributed by atoms with Crippen LogP contribution in [-0.4, -0.2) is 45.8 Å². The molecule has 1 amide bonds. The van der Waals surface area contributed by atoms with Crippen molar-refractivity contribution in [3.63, 3.8) is 0 Å². The van der Waals surface area contributed by atoms with Crippen LogP contribution in [0.2, 0.25) is 0 Å². The topological polar surface area (TPSA) is 101 Å². The summed E-state index contributed by atoms with van der Waals surface area (Å²) in [6.45, 7) is 3.74. The molecule has 2 aromatic rings. The number of hydrogen-bond acceptors (Lipinski definition) is 6. The maximum absolute atomic E-state index is 12.0. The Morgan fingerprint density at radius 3 is 2.44 bits per heavy atom. The highest BCUT2D eigenvalue weighted by molar-refractivity contribution is 5.83. The number of nitrogens with zero attached hydrogens (tertiary/aromatic N) is 4. The third kappa shape index (κ3) is 4.50. The lowest BCUT2D eigenvalue weighted by Gasteiger charge is -2.19. The Bertz CT molecular complexity index is 774. The van der Waals surface area contributed by atoms with Gasteiger partial charge in [0.15, 0.2) is 5.82 Å². The van der Waals surface area contributed by atoms with Gasteiger partial charge in [0.05, 0.1) is 4.92 Å². The highest BCUT2D eigenvalue weighted by Crippen LogP contribution is 2.22. The lowest BCUT2D eigenvalue weighted by atomic mass is 10.2. The van der Waals surface area contributed by atoms with Gasteiger partial charge in [-0.25, -0.2) is 9.97 Å². The normalized spacial score (nSPS) is 11.7. The van der Waals surface area contributed by atoms with Crippen LogP contribution < -0.4 is 5.32 Å². The van der Waals surface area contributed by atoms with Crippen LogP contribution in [0.15, 0.2) is 30.3 Å². The molecule has 8 nitrogen and oxygen atoms in total. The maximum Gasteiger partial charge on any atom is 0.269 e. The summed E-state index contributed by atoms with van der Waals surface area (Å²) in [6.07, 6.45) is 0.702. The number of anilines is 1. The molecule has 0 saturated heterocycles. The Hall–Kier alpha value is -3.03. The van der Waals surface area contributed by atoms with Gasteiger partial charge in [-0.05, 0) is 25.5 Å². The Morgan fingerprint density at radius 2 is 1.92 bits per heavy atom. The SMILES string of the molecule is CCc1cc(N[C@@H](C)C(=O)N(C)C)nc(-c2ccc([N+](=O)[O-])cc2)n1. The lowest BCUT2D eigenvalue weighted by Crippen LogP contribution is -2.36. The van der Waals surface area contributed by atoms with E-state index in [1.54, 1.807) is 39.2 Å². The molecule has 0 unspecified atom stereocenters. The second-order valence-corrected chi connectivity index (χ2v) is 5.82. The molecule has 1 N–H and O–H groups in total. The Kier molecular flexibility index (Phi) is 5.63. The fourth-order valence-electron chi connectivity index (χ4n) is 2.28. The highest BCUT2D eigenvalue weighted by Gasteiger charge is 2.16. The minimum Gasteiger partial charge on any atom is -0.358 e. The molecule has 8 heteroatoms. The first-order chi connectivity index (χ1) is 11.8. The number of nitro benzene ring substituents is 1. The van der Waals surface area contributed by atoms with E-state index in [0.29, 0.717) is 23.6 Å². The van der Waals surface area contributed by atoms with E-state index in [2.05, 4.69) is 15.3 Å². The molecule has 132 valence electrons. The van der Waals surface area contributed by atoms with E-state index in [1.165, 1.54) is 17.0 Å². The number of nitrogens with one attached hydrogen (secondary N) is 1. The van der Waals surface area contributed by atoms with Gasteiger partial charge in [0.2, 0.25) is 5.91 Å². The van der Waals surface area contributed by atoms with E-state index < -0.39 is 11.0 Å². The number of hydrogen-bond donors (Lipinski definition) is 1. The Morgan fingerprint density at radius 1 is 1.28 bits per heavy atom. The van der Waals surface area contributed by atoms with Crippen molar-refractivity contribution >= 4 is 17.4 Å². The first-order valence-electron chi connectivity index (χ1n) is 7.92. The van der Waals surface area contributed by atoms with Gasteiger partial charge in [-0.2, -0.15) is 0 Å². The summed E-state index contributed by atoms with van der Waals surface area (Å²) in [5.41, 5.74) is 1.50. The van der Waals surface area contributed by atoms with Gasteiger partial charge in [-0.1, -0.05) is 6.92 Å². The average molecular weight is 343 g/mol. The molecule has 0 bridgehead atoms. The fourth-order valence-corrected chi connectivity index (χ4v) is 2.28. The van der Waals surface area contributed by atoms with E-state index in [-0.39, 0.29) is 11.6 Å². The number of nitro groups is 1. The van der Waals surface area contributed by atoms with Gasteiger partial charge >= 0.3 is 0 Å². The number of benzene rings is 1. The minimum absolute atomic E-state index is 0.0129. The van der Waals surface area contributed by atoms with Crippen molar-refractivity contribution in [1.82, 2.24) is 14.9 Å². The maximum atomic E-state index is 12.0. The molecule has 1 heterocycles. The van der Waals surface area contributed by atoms with E-state index in [9.17, 15) is 14.9 Å². The summed E-state index contributed by atoms with van der Waals surface area (Å²) in [7, 11) is 3.39. The van der Waals surface area contributed by atoms with Crippen molar-refractivity contribution in [3.05, 3.63) is 46.1 Å². The third-order valence-electron chi connectivity index (χ3n) is 3.65. The zero-order valence-corrected chi connectivity index (χ0v) is 14.7. The largest absolute Gasteiger partial charge is 0.358 e.